The second-order valence-electron chi connectivity index (χ2n) is 6.76. The van der Waals surface area contributed by atoms with E-state index in [-0.39, 0.29) is 17.7 Å². The van der Waals surface area contributed by atoms with Gasteiger partial charge in [0.15, 0.2) is 5.13 Å². The number of H-pyrrole nitrogens is 1. The summed E-state index contributed by atoms with van der Waals surface area (Å²) in [5.41, 5.74) is 3.35. The van der Waals surface area contributed by atoms with Crippen LogP contribution in [0.4, 0.5) is 5.13 Å². The largest absolute Gasteiger partial charge is 0.345 e. The van der Waals surface area contributed by atoms with E-state index in [4.69, 9.17) is 0 Å². The number of fused-ring (bicyclic) bond motifs is 2. The molecule has 0 unspecified atom stereocenters. The molecule has 2 N–H and O–H groups in total. The lowest BCUT2D eigenvalue weighted by atomic mass is 10.1. The van der Waals surface area contributed by atoms with Gasteiger partial charge >= 0.3 is 0 Å². The van der Waals surface area contributed by atoms with Crippen LogP contribution in [-0.2, 0) is 17.8 Å². The molecule has 2 aromatic heterocycles. The number of rotatable bonds is 3. The van der Waals surface area contributed by atoms with E-state index in [1.165, 1.54) is 11.3 Å². The van der Waals surface area contributed by atoms with Crippen molar-refractivity contribution in [3.8, 4) is 0 Å². The molecule has 1 aromatic carbocycles. The highest BCUT2D eigenvalue weighted by Crippen LogP contribution is 2.33. The molecule has 3 heterocycles. The lowest BCUT2D eigenvalue weighted by molar-refractivity contribution is -0.117. The smallest absolute Gasteiger partial charge is 0.254 e. The first-order valence-corrected chi connectivity index (χ1v) is 9.51. The first-order chi connectivity index (χ1) is 12.7. The number of carbonyl (C=O) groups is 2. The van der Waals surface area contributed by atoms with Crippen LogP contribution in [0.1, 0.15) is 33.8 Å². The van der Waals surface area contributed by atoms with Crippen LogP contribution in [-0.4, -0.2) is 38.2 Å². The number of hydrogen-bond donors (Lipinski definition) is 2. The SMILES string of the molecule is O=C(Nc1nc2c(s1)CN(C(=O)c1ccc3nc[nH]c3c1)CC2)C1CC1. The van der Waals surface area contributed by atoms with Gasteiger partial charge in [0.05, 0.1) is 29.6 Å². The Hall–Kier alpha value is -2.74. The van der Waals surface area contributed by atoms with Gasteiger partial charge in [-0.2, -0.15) is 0 Å². The molecule has 1 aliphatic heterocycles. The Kier molecular flexibility index (Phi) is 3.53. The van der Waals surface area contributed by atoms with Gasteiger partial charge in [0.25, 0.3) is 5.91 Å². The third-order valence-electron chi connectivity index (χ3n) is 4.86. The first-order valence-electron chi connectivity index (χ1n) is 8.69. The fourth-order valence-corrected chi connectivity index (χ4v) is 4.25. The molecule has 1 saturated carbocycles. The van der Waals surface area contributed by atoms with Gasteiger partial charge in [-0.05, 0) is 31.0 Å². The molecule has 7 nitrogen and oxygen atoms in total. The van der Waals surface area contributed by atoms with Crippen molar-refractivity contribution in [2.24, 2.45) is 5.92 Å². The van der Waals surface area contributed by atoms with Crippen LogP contribution < -0.4 is 5.32 Å². The van der Waals surface area contributed by atoms with Gasteiger partial charge in [-0.25, -0.2) is 9.97 Å². The van der Waals surface area contributed by atoms with Crippen molar-refractivity contribution in [2.45, 2.75) is 25.8 Å². The zero-order chi connectivity index (χ0) is 17.7. The van der Waals surface area contributed by atoms with Crippen molar-refractivity contribution < 1.29 is 9.59 Å². The molecule has 1 aliphatic carbocycles. The lowest BCUT2D eigenvalue weighted by Crippen LogP contribution is -2.35. The van der Waals surface area contributed by atoms with Gasteiger partial charge in [0.2, 0.25) is 5.91 Å². The average Bonchev–Trinajstić information content (AvgIpc) is 3.27. The van der Waals surface area contributed by atoms with Crippen LogP contribution in [0.15, 0.2) is 24.5 Å². The van der Waals surface area contributed by atoms with Crippen LogP contribution in [0, 0.1) is 5.92 Å². The Bertz CT molecular complexity index is 1020. The topological polar surface area (TPSA) is 91.0 Å². The number of benzene rings is 1. The predicted molar refractivity (Wildman–Crippen MR) is 98.0 cm³/mol. The Morgan fingerprint density at radius 2 is 2.19 bits per heavy atom. The van der Waals surface area contributed by atoms with Crippen molar-refractivity contribution in [1.82, 2.24) is 19.9 Å². The minimum Gasteiger partial charge on any atom is -0.345 e. The number of anilines is 1. The maximum atomic E-state index is 12.9. The molecular formula is C18H17N5O2S. The standard InChI is InChI=1S/C18H17N5O2S/c24-16(10-1-2-10)22-18-21-13-5-6-23(8-15(13)26-18)17(25)11-3-4-12-14(7-11)20-9-19-12/h3-4,7,9-10H,1-2,5-6,8H2,(H,19,20)(H,21,22,24). The first kappa shape index (κ1) is 15.5. The second-order valence-corrected chi connectivity index (χ2v) is 7.85. The van der Waals surface area contributed by atoms with Crippen molar-refractivity contribution in [3.63, 3.8) is 0 Å². The van der Waals surface area contributed by atoms with Crippen molar-refractivity contribution in [2.75, 3.05) is 11.9 Å². The van der Waals surface area contributed by atoms with E-state index in [1.807, 2.05) is 23.1 Å². The van der Waals surface area contributed by atoms with Crippen LogP contribution in [0.2, 0.25) is 0 Å². The molecule has 132 valence electrons. The average molecular weight is 367 g/mol. The number of aromatic amines is 1. The number of nitrogens with zero attached hydrogens (tertiary/aromatic N) is 3. The van der Waals surface area contributed by atoms with Crippen molar-refractivity contribution in [3.05, 3.63) is 40.7 Å². The number of hydrogen-bond acceptors (Lipinski definition) is 5. The fourth-order valence-electron chi connectivity index (χ4n) is 3.23. The Morgan fingerprint density at radius 3 is 3.04 bits per heavy atom. The molecule has 1 fully saturated rings. The highest BCUT2D eigenvalue weighted by atomic mass is 32.1. The van der Waals surface area contributed by atoms with Crippen LogP contribution in [0.25, 0.3) is 11.0 Å². The number of aromatic nitrogens is 3. The number of nitrogens with one attached hydrogen (secondary N) is 2. The van der Waals surface area contributed by atoms with Gasteiger partial charge in [-0.1, -0.05) is 11.3 Å². The Balaban J connectivity index is 1.33. The number of carbonyl (C=O) groups excluding carboxylic acids is 2. The van der Waals surface area contributed by atoms with E-state index < -0.39 is 0 Å². The molecule has 26 heavy (non-hydrogen) atoms. The second kappa shape index (κ2) is 5.91. The number of amides is 2. The van der Waals surface area contributed by atoms with E-state index in [9.17, 15) is 9.59 Å². The Morgan fingerprint density at radius 1 is 1.31 bits per heavy atom. The normalized spacial score (nSPS) is 16.5. The summed E-state index contributed by atoms with van der Waals surface area (Å²) >= 11 is 1.48. The van der Waals surface area contributed by atoms with Gasteiger partial charge in [-0.15, -0.1) is 0 Å². The summed E-state index contributed by atoms with van der Waals surface area (Å²) in [7, 11) is 0. The summed E-state index contributed by atoms with van der Waals surface area (Å²) in [5, 5.41) is 3.56. The maximum absolute atomic E-state index is 12.9. The zero-order valence-corrected chi connectivity index (χ0v) is 14.8. The molecule has 8 heteroatoms. The molecule has 0 spiro atoms. The highest BCUT2D eigenvalue weighted by molar-refractivity contribution is 7.15. The van der Waals surface area contributed by atoms with Gasteiger partial charge in [0.1, 0.15) is 0 Å². The summed E-state index contributed by atoms with van der Waals surface area (Å²) in [6.07, 6.45) is 4.28. The summed E-state index contributed by atoms with van der Waals surface area (Å²) in [5.74, 6) is 0.229. The van der Waals surface area contributed by atoms with Gasteiger partial charge in [0, 0.05) is 29.3 Å². The van der Waals surface area contributed by atoms with Crippen LogP contribution in [0.5, 0.6) is 0 Å². The summed E-state index contributed by atoms with van der Waals surface area (Å²) in [6.45, 7) is 1.17. The Labute approximate surface area is 153 Å². The molecule has 5 rings (SSSR count). The van der Waals surface area contributed by atoms with Gasteiger partial charge < -0.3 is 15.2 Å². The number of thiazole rings is 1. The van der Waals surface area contributed by atoms with Crippen molar-refractivity contribution >= 4 is 39.3 Å². The van der Waals surface area contributed by atoms with E-state index in [0.29, 0.717) is 30.2 Å². The molecule has 0 bridgehead atoms. The minimum absolute atomic E-state index is 0.00381. The van der Waals surface area contributed by atoms with Crippen LogP contribution >= 0.6 is 11.3 Å². The minimum atomic E-state index is 0.00381. The molecule has 0 saturated heterocycles. The molecule has 2 aliphatic rings. The van der Waals surface area contributed by atoms with E-state index in [1.54, 1.807) is 6.33 Å². The zero-order valence-electron chi connectivity index (χ0n) is 14.0. The third kappa shape index (κ3) is 2.76. The maximum Gasteiger partial charge on any atom is 0.254 e. The highest BCUT2D eigenvalue weighted by Gasteiger charge is 2.31. The molecular weight excluding hydrogens is 350 g/mol. The molecule has 0 atom stereocenters. The van der Waals surface area contributed by atoms with E-state index in [0.717, 1.165) is 34.4 Å². The number of imidazole rings is 1. The quantitative estimate of drug-likeness (QED) is 0.744. The van der Waals surface area contributed by atoms with Gasteiger partial charge in [-0.3, -0.25) is 9.59 Å². The summed E-state index contributed by atoms with van der Waals surface area (Å²) in [6, 6.07) is 5.51. The summed E-state index contributed by atoms with van der Waals surface area (Å²) in [4.78, 5) is 39.4. The van der Waals surface area contributed by atoms with E-state index in [2.05, 4.69) is 20.3 Å². The van der Waals surface area contributed by atoms with Crippen molar-refractivity contribution in [1.29, 1.82) is 0 Å². The molecule has 3 aromatic rings. The fraction of sp³-hybridized carbons (Fsp3) is 0.333. The summed E-state index contributed by atoms with van der Waals surface area (Å²) < 4.78 is 0. The van der Waals surface area contributed by atoms with E-state index >= 15 is 0 Å². The lowest BCUT2D eigenvalue weighted by Gasteiger charge is -2.26. The molecule has 2 amide bonds. The monoisotopic (exact) mass is 367 g/mol. The third-order valence-corrected chi connectivity index (χ3v) is 5.86. The van der Waals surface area contributed by atoms with Crippen LogP contribution in [0.3, 0.4) is 0 Å². The molecule has 0 radical (unpaired) electrons. The predicted octanol–water partition coefficient (Wildman–Crippen LogP) is 2.57.